The predicted octanol–water partition coefficient (Wildman–Crippen LogP) is 7.06. The van der Waals surface area contributed by atoms with Crippen LogP contribution in [0.4, 0.5) is 13.2 Å². The van der Waals surface area contributed by atoms with Gasteiger partial charge < -0.3 is 0 Å². The zero-order valence-electron chi connectivity index (χ0n) is 15.9. The van der Waals surface area contributed by atoms with Gasteiger partial charge in [-0.3, -0.25) is 0 Å². The van der Waals surface area contributed by atoms with E-state index in [2.05, 4.69) is 6.92 Å². The molecular formula is C24H27F3. The molecule has 0 nitrogen and oxygen atoms in total. The van der Waals surface area contributed by atoms with E-state index in [0.717, 1.165) is 48.3 Å². The summed E-state index contributed by atoms with van der Waals surface area (Å²) in [7, 11) is 0. The molecule has 0 saturated heterocycles. The molecule has 144 valence electrons. The molecule has 1 saturated carbocycles. The number of rotatable bonds is 3. The van der Waals surface area contributed by atoms with E-state index in [0.29, 0.717) is 19.3 Å². The lowest BCUT2D eigenvalue weighted by Crippen LogP contribution is -2.17. The summed E-state index contributed by atoms with van der Waals surface area (Å²) in [6.45, 7) is 2.22. The second kappa shape index (κ2) is 7.69. The van der Waals surface area contributed by atoms with E-state index in [4.69, 9.17) is 0 Å². The highest BCUT2D eigenvalue weighted by Crippen LogP contribution is 2.40. The molecular weight excluding hydrogens is 345 g/mol. The molecule has 2 aliphatic rings. The van der Waals surface area contributed by atoms with Crippen molar-refractivity contribution in [2.45, 2.75) is 70.1 Å². The molecule has 2 aromatic carbocycles. The maximum Gasteiger partial charge on any atom is 0.129 e. The van der Waals surface area contributed by atoms with Crippen molar-refractivity contribution in [3.63, 3.8) is 0 Å². The van der Waals surface area contributed by atoms with E-state index in [9.17, 15) is 13.2 Å². The Morgan fingerprint density at radius 3 is 2.19 bits per heavy atom. The molecule has 0 bridgehead atoms. The van der Waals surface area contributed by atoms with Gasteiger partial charge in [0.15, 0.2) is 0 Å². The Kier molecular flexibility index (Phi) is 5.29. The third-order valence-corrected chi connectivity index (χ3v) is 6.80. The van der Waals surface area contributed by atoms with Crippen LogP contribution in [-0.4, -0.2) is 0 Å². The van der Waals surface area contributed by atoms with Gasteiger partial charge in [0.25, 0.3) is 0 Å². The third-order valence-electron chi connectivity index (χ3n) is 6.80. The maximum atomic E-state index is 14.9. The minimum atomic E-state index is -0.404. The zero-order valence-corrected chi connectivity index (χ0v) is 15.9. The summed E-state index contributed by atoms with van der Waals surface area (Å²) in [6, 6.07) is 7.90. The van der Waals surface area contributed by atoms with Crippen molar-refractivity contribution in [3.05, 3.63) is 70.0 Å². The molecule has 0 aliphatic heterocycles. The predicted molar refractivity (Wildman–Crippen MR) is 103 cm³/mol. The summed E-state index contributed by atoms with van der Waals surface area (Å²) in [5, 5.41) is 0. The SMILES string of the molecule is CCC1CCC(c2cc(F)c(C3CCc4cc(F)ccc4C3)c(F)c2)CC1. The van der Waals surface area contributed by atoms with Crippen LogP contribution in [0, 0.1) is 23.4 Å². The van der Waals surface area contributed by atoms with E-state index in [1.54, 1.807) is 24.3 Å². The summed E-state index contributed by atoms with van der Waals surface area (Å²) in [4.78, 5) is 0. The highest BCUT2D eigenvalue weighted by Gasteiger charge is 2.28. The van der Waals surface area contributed by atoms with Crippen LogP contribution in [0.1, 0.15) is 79.5 Å². The molecule has 2 aromatic rings. The standard InChI is InChI=1S/C24H27F3/c1-2-15-3-5-16(6-4-15)20-13-22(26)24(23(27)14-20)19-8-7-18-12-21(25)10-9-17(18)11-19/h9-10,12-16,19H,2-8,11H2,1H3. The Bertz CT molecular complexity index is 795. The van der Waals surface area contributed by atoms with E-state index >= 15 is 0 Å². The van der Waals surface area contributed by atoms with Gasteiger partial charge in [0.1, 0.15) is 17.5 Å². The number of fused-ring (bicyclic) bond motifs is 1. The van der Waals surface area contributed by atoms with Crippen molar-refractivity contribution in [3.8, 4) is 0 Å². The van der Waals surface area contributed by atoms with E-state index in [1.165, 1.54) is 12.5 Å². The van der Waals surface area contributed by atoms with Crippen LogP contribution >= 0.6 is 0 Å². The van der Waals surface area contributed by atoms with Crippen molar-refractivity contribution in [1.29, 1.82) is 0 Å². The lowest BCUT2D eigenvalue weighted by atomic mass is 9.76. The summed E-state index contributed by atoms with van der Waals surface area (Å²) in [5.74, 6) is -0.181. The molecule has 0 N–H and O–H groups in total. The van der Waals surface area contributed by atoms with Gasteiger partial charge in [0.2, 0.25) is 0 Å². The molecule has 0 spiro atoms. The minimum Gasteiger partial charge on any atom is -0.207 e. The third kappa shape index (κ3) is 3.79. The first-order valence-electron chi connectivity index (χ1n) is 10.3. The van der Waals surface area contributed by atoms with Crippen LogP contribution in [0.25, 0.3) is 0 Å². The smallest absolute Gasteiger partial charge is 0.129 e. The van der Waals surface area contributed by atoms with Crippen molar-refractivity contribution < 1.29 is 13.2 Å². The summed E-state index contributed by atoms with van der Waals surface area (Å²) in [6.07, 6.45) is 7.46. The van der Waals surface area contributed by atoms with Crippen LogP contribution < -0.4 is 0 Å². The Labute approximate surface area is 159 Å². The van der Waals surface area contributed by atoms with Gasteiger partial charge in [0, 0.05) is 5.56 Å². The highest BCUT2D eigenvalue weighted by molar-refractivity contribution is 5.37. The van der Waals surface area contributed by atoms with Crippen LogP contribution in [0.15, 0.2) is 30.3 Å². The Hall–Kier alpha value is -1.77. The zero-order chi connectivity index (χ0) is 19.0. The van der Waals surface area contributed by atoms with Crippen LogP contribution in [-0.2, 0) is 12.8 Å². The van der Waals surface area contributed by atoms with Gasteiger partial charge in [-0.15, -0.1) is 0 Å². The fourth-order valence-electron chi connectivity index (χ4n) is 5.10. The van der Waals surface area contributed by atoms with E-state index in [-0.39, 0.29) is 23.2 Å². The highest BCUT2D eigenvalue weighted by atomic mass is 19.1. The van der Waals surface area contributed by atoms with Crippen LogP contribution in [0.5, 0.6) is 0 Å². The second-order valence-corrected chi connectivity index (χ2v) is 8.38. The van der Waals surface area contributed by atoms with E-state index in [1.807, 2.05) is 0 Å². The minimum absolute atomic E-state index is 0.173. The molecule has 2 aliphatic carbocycles. The number of aryl methyl sites for hydroxylation is 1. The average molecular weight is 372 g/mol. The number of hydrogen-bond acceptors (Lipinski definition) is 0. The average Bonchev–Trinajstić information content (AvgIpc) is 2.67. The number of hydrogen-bond donors (Lipinski definition) is 0. The first kappa shape index (κ1) is 18.6. The quantitative estimate of drug-likeness (QED) is 0.541. The van der Waals surface area contributed by atoms with Gasteiger partial charge in [-0.25, -0.2) is 13.2 Å². The van der Waals surface area contributed by atoms with Crippen LogP contribution in [0.3, 0.4) is 0 Å². The Balaban J connectivity index is 1.55. The van der Waals surface area contributed by atoms with Gasteiger partial charge in [-0.2, -0.15) is 0 Å². The molecule has 0 heterocycles. The summed E-state index contributed by atoms with van der Waals surface area (Å²) < 4.78 is 43.3. The molecule has 0 amide bonds. The Morgan fingerprint density at radius 1 is 0.815 bits per heavy atom. The van der Waals surface area contributed by atoms with Gasteiger partial charge in [-0.1, -0.05) is 19.4 Å². The largest absolute Gasteiger partial charge is 0.207 e. The second-order valence-electron chi connectivity index (χ2n) is 8.38. The topological polar surface area (TPSA) is 0 Å². The Morgan fingerprint density at radius 2 is 1.52 bits per heavy atom. The normalized spacial score (nSPS) is 25.3. The molecule has 3 heteroatoms. The lowest BCUT2D eigenvalue weighted by molar-refractivity contribution is 0.317. The molecule has 0 aromatic heterocycles. The molecule has 1 fully saturated rings. The van der Waals surface area contributed by atoms with E-state index < -0.39 is 11.6 Å². The van der Waals surface area contributed by atoms with Crippen LogP contribution in [0.2, 0.25) is 0 Å². The van der Waals surface area contributed by atoms with Crippen molar-refractivity contribution >= 4 is 0 Å². The lowest BCUT2D eigenvalue weighted by Gasteiger charge is -2.29. The van der Waals surface area contributed by atoms with Gasteiger partial charge in [0.05, 0.1) is 0 Å². The number of benzene rings is 2. The van der Waals surface area contributed by atoms with Crippen molar-refractivity contribution in [2.75, 3.05) is 0 Å². The molecule has 27 heavy (non-hydrogen) atoms. The van der Waals surface area contributed by atoms with Crippen molar-refractivity contribution in [2.24, 2.45) is 5.92 Å². The maximum absolute atomic E-state index is 14.9. The fraction of sp³-hybridized carbons (Fsp3) is 0.500. The monoisotopic (exact) mass is 372 g/mol. The van der Waals surface area contributed by atoms with Gasteiger partial charge >= 0.3 is 0 Å². The first-order valence-corrected chi connectivity index (χ1v) is 10.3. The number of halogens is 3. The first-order chi connectivity index (χ1) is 13.0. The van der Waals surface area contributed by atoms with Crippen molar-refractivity contribution in [1.82, 2.24) is 0 Å². The summed E-state index contributed by atoms with van der Waals surface area (Å²) in [5.41, 5.74) is 3.02. The van der Waals surface area contributed by atoms with Gasteiger partial charge in [-0.05, 0) is 104 Å². The fourth-order valence-corrected chi connectivity index (χ4v) is 5.10. The molecule has 1 unspecified atom stereocenters. The molecule has 4 rings (SSSR count). The molecule has 0 radical (unpaired) electrons. The molecule has 1 atom stereocenters. The summed E-state index contributed by atoms with van der Waals surface area (Å²) >= 11 is 0.